The molecule has 1 N–H and O–H groups in total. The predicted molar refractivity (Wildman–Crippen MR) is 129 cm³/mol. The van der Waals surface area contributed by atoms with Crippen LogP contribution in [-0.4, -0.2) is 30.2 Å². The van der Waals surface area contributed by atoms with Gasteiger partial charge in [-0.2, -0.15) is 0 Å². The van der Waals surface area contributed by atoms with Gasteiger partial charge in [0, 0.05) is 6.61 Å². The lowest BCUT2D eigenvalue weighted by atomic mass is 9.92. The van der Waals surface area contributed by atoms with Crippen molar-refractivity contribution in [2.45, 2.75) is 161 Å². The summed E-state index contributed by atoms with van der Waals surface area (Å²) in [6.45, 7) is 7.57. The van der Waals surface area contributed by atoms with Crippen molar-refractivity contribution in [1.29, 1.82) is 0 Å². The maximum Gasteiger partial charge on any atom is 0.157 e. The number of hydrogen-bond acceptors (Lipinski definition) is 3. The van der Waals surface area contributed by atoms with E-state index in [1.54, 1.807) is 0 Å². The molecule has 0 aromatic heterocycles. The Morgan fingerprint density at radius 1 is 0.800 bits per heavy atom. The number of unbranched alkanes of at least 4 members (excludes halogenated alkanes) is 11. The van der Waals surface area contributed by atoms with Crippen molar-refractivity contribution >= 4 is 0 Å². The Kier molecular flexibility index (Phi) is 18.2. The third-order valence-corrected chi connectivity index (χ3v) is 6.79. The summed E-state index contributed by atoms with van der Waals surface area (Å²) in [4.78, 5) is 0. The van der Waals surface area contributed by atoms with Gasteiger partial charge in [-0.05, 0) is 44.4 Å². The highest BCUT2D eigenvalue weighted by Crippen LogP contribution is 2.24. The summed E-state index contributed by atoms with van der Waals surface area (Å²) in [6, 6.07) is 0. The molecule has 3 heteroatoms. The van der Waals surface area contributed by atoms with Gasteiger partial charge in [-0.15, -0.1) is 0 Å². The molecule has 0 aromatic carbocycles. The van der Waals surface area contributed by atoms with E-state index in [2.05, 4.69) is 20.8 Å². The summed E-state index contributed by atoms with van der Waals surface area (Å²) < 4.78 is 12.2. The van der Waals surface area contributed by atoms with Crippen molar-refractivity contribution in [3.63, 3.8) is 0 Å². The van der Waals surface area contributed by atoms with Gasteiger partial charge in [-0.1, -0.05) is 104 Å². The Morgan fingerprint density at radius 2 is 1.37 bits per heavy atom. The van der Waals surface area contributed by atoms with Crippen LogP contribution in [0.4, 0.5) is 0 Å². The topological polar surface area (TPSA) is 38.7 Å². The van der Waals surface area contributed by atoms with Crippen molar-refractivity contribution < 1.29 is 14.6 Å². The lowest BCUT2D eigenvalue weighted by Crippen LogP contribution is -2.32. The van der Waals surface area contributed by atoms with Gasteiger partial charge in [0.05, 0.1) is 12.2 Å². The molecule has 0 aliphatic carbocycles. The van der Waals surface area contributed by atoms with Crippen LogP contribution >= 0.6 is 0 Å². The molecule has 1 heterocycles. The third-order valence-electron chi connectivity index (χ3n) is 6.79. The maximum atomic E-state index is 10.8. The summed E-state index contributed by atoms with van der Waals surface area (Å²) >= 11 is 0. The average Bonchev–Trinajstić information content (AvgIpc) is 2.76. The highest BCUT2D eigenvalue weighted by Gasteiger charge is 2.24. The third kappa shape index (κ3) is 14.8. The van der Waals surface area contributed by atoms with Crippen LogP contribution in [0.1, 0.15) is 143 Å². The number of ether oxygens (including phenoxy) is 2. The molecule has 1 saturated heterocycles. The largest absolute Gasteiger partial charge is 0.393 e. The highest BCUT2D eigenvalue weighted by molar-refractivity contribution is 4.72. The second kappa shape index (κ2) is 19.6. The standard InChI is InChI=1S/C27H54O3/c1-4-6-8-10-11-12-13-14-16-20-25(30-27-21-17-18-22-29-27)23-26(28)24(3)19-15-9-7-5-2/h24-28H,4-23H2,1-3H3/t24?,25?,26?,27-/m1/s1. The monoisotopic (exact) mass is 426 g/mol. The summed E-state index contributed by atoms with van der Waals surface area (Å²) in [5, 5.41) is 10.8. The van der Waals surface area contributed by atoms with Gasteiger partial charge in [-0.25, -0.2) is 0 Å². The van der Waals surface area contributed by atoms with Crippen molar-refractivity contribution in [2.75, 3.05) is 6.61 Å². The Morgan fingerprint density at radius 3 is 1.97 bits per heavy atom. The summed E-state index contributed by atoms with van der Waals surface area (Å²) in [6.07, 6.45) is 23.4. The lowest BCUT2D eigenvalue weighted by Gasteiger charge is -2.30. The molecule has 4 atom stereocenters. The second-order valence-electron chi connectivity index (χ2n) is 9.80. The van der Waals surface area contributed by atoms with Gasteiger partial charge in [0.25, 0.3) is 0 Å². The number of aliphatic hydroxyl groups excluding tert-OH is 1. The first-order valence-corrected chi connectivity index (χ1v) is 13.6. The lowest BCUT2D eigenvalue weighted by molar-refractivity contribution is -0.195. The van der Waals surface area contributed by atoms with Crippen molar-refractivity contribution in [2.24, 2.45) is 5.92 Å². The predicted octanol–water partition coefficient (Wildman–Crippen LogP) is 8.18. The molecule has 0 saturated carbocycles. The second-order valence-corrected chi connectivity index (χ2v) is 9.80. The molecule has 0 radical (unpaired) electrons. The first kappa shape index (κ1) is 27.9. The number of rotatable bonds is 20. The van der Waals surface area contributed by atoms with Gasteiger partial charge in [0.1, 0.15) is 0 Å². The average molecular weight is 427 g/mol. The fourth-order valence-electron chi connectivity index (χ4n) is 4.54. The van der Waals surface area contributed by atoms with Gasteiger partial charge in [0.15, 0.2) is 6.29 Å². The Balaban J connectivity index is 2.29. The van der Waals surface area contributed by atoms with E-state index >= 15 is 0 Å². The summed E-state index contributed by atoms with van der Waals surface area (Å²) in [7, 11) is 0. The zero-order valence-corrected chi connectivity index (χ0v) is 20.7. The molecule has 1 fully saturated rings. The van der Waals surface area contributed by atoms with E-state index in [1.165, 1.54) is 89.9 Å². The zero-order chi connectivity index (χ0) is 21.9. The molecular weight excluding hydrogens is 372 g/mol. The van der Waals surface area contributed by atoms with Crippen molar-refractivity contribution in [1.82, 2.24) is 0 Å². The van der Waals surface area contributed by atoms with Crippen LogP contribution < -0.4 is 0 Å². The molecule has 0 spiro atoms. The number of aliphatic hydroxyl groups is 1. The van der Waals surface area contributed by atoms with E-state index in [0.717, 1.165) is 38.7 Å². The molecule has 0 bridgehead atoms. The fraction of sp³-hybridized carbons (Fsp3) is 1.00. The highest BCUT2D eigenvalue weighted by atomic mass is 16.7. The molecule has 3 nitrogen and oxygen atoms in total. The Bertz CT molecular complexity index is 354. The van der Waals surface area contributed by atoms with Crippen LogP contribution in [0.2, 0.25) is 0 Å². The molecule has 1 aliphatic rings. The fourth-order valence-corrected chi connectivity index (χ4v) is 4.54. The van der Waals surface area contributed by atoms with E-state index in [1.807, 2.05) is 0 Å². The van der Waals surface area contributed by atoms with E-state index in [9.17, 15) is 5.11 Å². The molecule has 1 rings (SSSR count). The van der Waals surface area contributed by atoms with Crippen LogP contribution in [0.5, 0.6) is 0 Å². The van der Waals surface area contributed by atoms with Crippen molar-refractivity contribution in [3.8, 4) is 0 Å². The first-order valence-electron chi connectivity index (χ1n) is 13.6. The van der Waals surface area contributed by atoms with Gasteiger partial charge >= 0.3 is 0 Å². The molecule has 3 unspecified atom stereocenters. The van der Waals surface area contributed by atoms with Gasteiger partial charge < -0.3 is 14.6 Å². The van der Waals surface area contributed by atoms with Gasteiger partial charge in [-0.3, -0.25) is 0 Å². The molecule has 30 heavy (non-hydrogen) atoms. The minimum Gasteiger partial charge on any atom is -0.393 e. The number of hydrogen-bond donors (Lipinski definition) is 1. The Hall–Kier alpha value is -0.120. The molecular formula is C27H54O3. The zero-order valence-electron chi connectivity index (χ0n) is 20.7. The normalized spacial score (nSPS) is 20.2. The smallest absolute Gasteiger partial charge is 0.157 e. The van der Waals surface area contributed by atoms with E-state index in [-0.39, 0.29) is 18.5 Å². The SMILES string of the molecule is CCCCCCCCCCCC(CC(O)C(C)CCCCCC)O[C@@H]1CCCCO1. The van der Waals surface area contributed by atoms with Crippen LogP contribution in [-0.2, 0) is 9.47 Å². The van der Waals surface area contributed by atoms with Crippen LogP contribution in [0.25, 0.3) is 0 Å². The molecule has 180 valence electrons. The summed E-state index contributed by atoms with van der Waals surface area (Å²) in [5.74, 6) is 0.364. The Labute approximate surface area is 188 Å². The minimum absolute atomic E-state index is 0.0469. The maximum absolute atomic E-state index is 10.8. The first-order chi connectivity index (χ1) is 14.7. The van der Waals surface area contributed by atoms with Crippen LogP contribution in [0, 0.1) is 5.92 Å². The summed E-state index contributed by atoms with van der Waals surface area (Å²) in [5.41, 5.74) is 0. The van der Waals surface area contributed by atoms with Gasteiger partial charge in [0.2, 0.25) is 0 Å². The molecule has 0 aromatic rings. The van der Waals surface area contributed by atoms with E-state index in [0.29, 0.717) is 5.92 Å². The van der Waals surface area contributed by atoms with Crippen LogP contribution in [0.15, 0.2) is 0 Å². The quantitative estimate of drug-likeness (QED) is 0.199. The van der Waals surface area contributed by atoms with E-state index in [4.69, 9.17) is 9.47 Å². The molecule has 1 aliphatic heterocycles. The van der Waals surface area contributed by atoms with Crippen LogP contribution in [0.3, 0.4) is 0 Å². The van der Waals surface area contributed by atoms with Crippen molar-refractivity contribution in [3.05, 3.63) is 0 Å². The minimum atomic E-state index is -0.251. The molecule has 0 amide bonds. The van der Waals surface area contributed by atoms with E-state index < -0.39 is 0 Å².